The van der Waals surface area contributed by atoms with Crippen molar-refractivity contribution in [2.75, 3.05) is 6.54 Å². The van der Waals surface area contributed by atoms with Gasteiger partial charge in [0.25, 0.3) is 0 Å². The van der Waals surface area contributed by atoms with Crippen molar-refractivity contribution in [2.24, 2.45) is 0 Å². The molecular weight excluding hydrogens is 358 g/mol. The quantitative estimate of drug-likeness (QED) is 0.770. The average Bonchev–Trinajstić information content (AvgIpc) is 3.44. The predicted molar refractivity (Wildman–Crippen MR) is 101 cm³/mol. The maximum Gasteiger partial charge on any atom is 0.240 e. The minimum Gasteiger partial charge on any atom is -0.349 e. The zero-order valence-electron chi connectivity index (χ0n) is 15.6. The maximum absolute atomic E-state index is 12.2. The van der Waals surface area contributed by atoms with Gasteiger partial charge < -0.3 is 5.32 Å². The molecule has 0 bridgehead atoms. The van der Waals surface area contributed by atoms with E-state index in [0.717, 1.165) is 34.8 Å². The third-order valence-electron chi connectivity index (χ3n) is 5.31. The molecule has 1 saturated carbocycles. The molecule has 1 aliphatic carbocycles. The van der Waals surface area contributed by atoms with Crippen molar-refractivity contribution in [3.8, 4) is 11.4 Å². The smallest absolute Gasteiger partial charge is 0.240 e. The van der Waals surface area contributed by atoms with Crippen molar-refractivity contribution in [3.63, 3.8) is 0 Å². The van der Waals surface area contributed by atoms with Crippen LogP contribution in [0.1, 0.15) is 50.3 Å². The van der Waals surface area contributed by atoms with Gasteiger partial charge >= 0.3 is 0 Å². The summed E-state index contributed by atoms with van der Waals surface area (Å²) in [6.07, 6.45) is 6.69. The first-order chi connectivity index (χ1) is 13.6. The molecule has 0 radical (unpaired) electrons. The lowest BCUT2D eigenvalue weighted by Crippen LogP contribution is -2.39. The van der Waals surface area contributed by atoms with Gasteiger partial charge in [0.1, 0.15) is 6.54 Å². The highest BCUT2D eigenvalue weighted by atomic mass is 16.2. The van der Waals surface area contributed by atoms with Gasteiger partial charge in [-0.1, -0.05) is 18.9 Å². The van der Waals surface area contributed by atoms with E-state index < -0.39 is 0 Å². The van der Waals surface area contributed by atoms with Crippen LogP contribution in [0.2, 0.25) is 0 Å². The van der Waals surface area contributed by atoms with E-state index in [4.69, 9.17) is 5.10 Å². The van der Waals surface area contributed by atoms with E-state index in [0.29, 0.717) is 6.04 Å². The van der Waals surface area contributed by atoms with Gasteiger partial charge in [0.15, 0.2) is 0 Å². The first kappa shape index (κ1) is 18.3. The Morgan fingerprint density at radius 3 is 2.57 bits per heavy atom. The number of nitrogens with one attached hydrogen (secondary N) is 1. The fourth-order valence-corrected chi connectivity index (χ4v) is 3.85. The molecule has 2 aromatic rings. The van der Waals surface area contributed by atoms with E-state index in [1.807, 2.05) is 28.9 Å². The highest BCUT2D eigenvalue weighted by Gasteiger charge is 2.30. The number of hydrogen-bond acceptors (Lipinski definition) is 5. The van der Waals surface area contributed by atoms with Crippen LogP contribution in [0.15, 0.2) is 30.5 Å². The number of hydrogen-bond donors (Lipinski definition) is 1. The monoisotopic (exact) mass is 381 g/mol. The molecule has 8 heteroatoms. The van der Waals surface area contributed by atoms with Crippen molar-refractivity contribution < 1.29 is 14.4 Å². The van der Waals surface area contributed by atoms with Gasteiger partial charge in [-0.3, -0.25) is 28.9 Å². The molecule has 0 atom stereocenters. The number of carbonyl (C=O) groups excluding carboxylic acids is 3. The summed E-state index contributed by atoms with van der Waals surface area (Å²) >= 11 is 0. The van der Waals surface area contributed by atoms with Crippen molar-refractivity contribution in [1.29, 1.82) is 0 Å². The Bertz CT molecular complexity index is 871. The first-order valence-corrected chi connectivity index (χ1v) is 9.71. The summed E-state index contributed by atoms with van der Waals surface area (Å²) in [6, 6.07) is 8.07. The van der Waals surface area contributed by atoms with Crippen LogP contribution in [-0.4, -0.2) is 43.9 Å². The third kappa shape index (κ3) is 3.81. The predicted octanol–water partition coefficient (Wildman–Crippen LogP) is 1.83. The first-order valence-electron chi connectivity index (χ1n) is 9.71. The average molecular weight is 381 g/mol. The second kappa shape index (κ2) is 7.92. The molecule has 2 fully saturated rings. The second-order valence-corrected chi connectivity index (χ2v) is 7.27. The summed E-state index contributed by atoms with van der Waals surface area (Å²) in [5.41, 5.74) is 2.54. The summed E-state index contributed by atoms with van der Waals surface area (Å²) in [4.78, 5) is 40.9. The van der Waals surface area contributed by atoms with Crippen LogP contribution in [0, 0.1) is 0 Å². The van der Waals surface area contributed by atoms with Crippen LogP contribution in [0.4, 0.5) is 0 Å². The molecule has 0 spiro atoms. The topological polar surface area (TPSA) is 97.2 Å². The molecule has 0 aromatic carbocycles. The van der Waals surface area contributed by atoms with E-state index in [2.05, 4.69) is 10.3 Å². The summed E-state index contributed by atoms with van der Waals surface area (Å²) in [5.74, 6) is -0.940. The standard InChI is InChI=1S/C20H23N5O3/c26-18(13-24-19(27)8-9-20(24)28)22-12-14-11-17(16-7-3-4-10-21-16)25(23-14)15-5-1-2-6-15/h3-4,7,10-11,15H,1-2,5-6,8-9,12-13H2,(H,22,26). The summed E-state index contributed by atoms with van der Waals surface area (Å²) in [6.45, 7) is 0.0166. The van der Waals surface area contributed by atoms with Crippen LogP contribution in [0.25, 0.3) is 11.4 Å². The number of rotatable bonds is 6. The molecule has 0 unspecified atom stereocenters. The number of nitrogens with zero attached hydrogens (tertiary/aromatic N) is 4. The Balaban J connectivity index is 1.46. The lowest BCUT2D eigenvalue weighted by molar-refractivity contribution is -0.142. The number of pyridine rings is 1. The van der Waals surface area contributed by atoms with Crippen molar-refractivity contribution in [2.45, 2.75) is 51.1 Å². The molecular formula is C20H23N5O3. The van der Waals surface area contributed by atoms with Crippen LogP contribution in [-0.2, 0) is 20.9 Å². The van der Waals surface area contributed by atoms with Gasteiger partial charge in [0.05, 0.1) is 29.7 Å². The number of imide groups is 1. The molecule has 2 aliphatic rings. The lowest BCUT2D eigenvalue weighted by atomic mass is 10.2. The molecule has 3 heterocycles. The van der Waals surface area contributed by atoms with E-state index in [-0.39, 0.29) is 43.7 Å². The molecule has 28 heavy (non-hydrogen) atoms. The lowest BCUT2D eigenvalue weighted by Gasteiger charge is -2.14. The van der Waals surface area contributed by atoms with E-state index >= 15 is 0 Å². The molecule has 146 valence electrons. The highest BCUT2D eigenvalue weighted by molar-refractivity contribution is 6.04. The molecule has 2 aromatic heterocycles. The van der Waals surface area contributed by atoms with Crippen LogP contribution in [0.3, 0.4) is 0 Å². The Kier molecular flexibility index (Phi) is 5.18. The third-order valence-corrected chi connectivity index (χ3v) is 5.31. The van der Waals surface area contributed by atoms with E-state index in [9.17, 15) is 14.4 Å². The zero-order chi connectivity index (χ0) is 19.5. The number of carbonyl (C=O) groups is 3. The van der Waals surface area contributed by atoms with Crippen LogP contribution >= 0.6 is 0 Å². The van der Waals surface area contributed by atoms with Crippen molar-refractivity contribution >= 4 is 17.7 Å². The maximum atomic E-state index is 12.2. The normalized spacial score (nSPS) is 17.5. The minimum atomic E-state index is -0.363. The summed E-state index contributed by atoms with van der Waals surface area (Å²) in [7, 11) is 0. The second-order valence-electron chi connectivity index (χ2n) is 7.27. The minimum absolute atomic E-state index is 0.186. The fraction of sp³-hybridized carbons (Fsp3) is 0.450. The molecule has 1 aliphatic heterocycles. The highest BCUT2D eigenvalue weighted by Crippen LogP contribution is 2.33. The Hall–Kier alpha value is -3.03. The van der Waals surface area contributed by atoms with Crippen molar-refractivity contribution in [1.82, 2.24) is 25.0 Å². The molecule has 8 nitrogen and oxygen atoms in total. The molecule has 1 N–H and O–H groups in total. The number of aromatic nitrogens is 3. The zero-order valence-corrected chi connectivity index (χ0v) is 15.6. The summed E-state index contributed by atoms with van der Waals surface area (Å²) < 4.78 is 2.03. The van der Waals surface area contributed by atoms with E-state index in [1.54, 1.807) is 6.20 Å². The number of likely N-dealkylation sites (tertiary alicyclic amines) is 1. The van der Waals surface area contributed by atoms with Gasteiger partial charge in [-0.2, -0.15) is 5.10 Å². The molecule has 3 amide bonds. The van der Waals surface area contributed by atoms with E-state index in [1.165, 1.54) is 12.8 Å². The summed E-state index contributed by atoms with van der Waals surface area (Å²) in [5, 5.41) is 7.48. The Morgan fingerprint density at radius 1 is 1.14 bits per heavy atom. The molecule has 4 rings (SSSR count). The van der Waals surface area contributed by atoms with Crippen LogP contribution in [0.5, 0.6) is 0 Å². The van der Waals surface area contributed by atoms with Crippen molar-refractivity contribution in [3.05, 3.63) is 36.2 Å². The molecule has 1 saturated heterocycles. The van der Waals surface area contributed by atoms with Gasteiger partial charge in [-0.15, -0.1) is 0 Å². The Morgan fingerprint density at radius 2 is 1.89 bits per heavy atom. The fourth-order valence-electron chi connectivity index (χ4n) is 3.85. The number of amides is 3. The van der Waals surface area contributed by atoms with Gasteiger partial charge in [-0.05, 0) is 31.0 Å². The Labute approximate surface area is 162 Å². The largest absolute Gasteiger partial charge is 0.349 e. The van der Waals surface area contributed by atoms with Gasteiger partial charge in [0, 0.05) is 19.0 Å². The SMILES string of the molecule is O=C(CN1C(=O)CCC1=O)NCc1cc(-c2ccccn2)n(C2CCCC2)n1. The van der Waals surface area contributed by atoms with Gasteiger partial charge in [0.2, 0.25) is 17.7 Å². The van der Waals surface area contributed by atoms with Crippen LogP contribution < -0.4 is 5.32 Å². The van der Waals surface area contributed by atoms with Gasteiger partial charge in [-0.25, -0.2) is 0 Å².